The molecule has 1 aromatic carbocycles. The minimum atomic E-state index is -0.0619. The van der Waals surface area contributed by atoms with E-state index in [1.54, 1.807) is 18.2 Å². The molecule has 0 amide bonds. The zero-order valence-electron chi connectivity index (χ0n) is 9.47. The van der Waals surface area contributed by atoms with Crippen molar-refractivity contribution >= 4 is 51.9 Å². The zero-order valence-corrected chi connectivity index (χ0v) is 12.6. The maximum Gasteiger partial charge on any atom is 0.178 e. The van der Waals surface area contributed by atoms with Gasteiger partial charge in [0.1, 0.15) is 0 Å². The molecule has 0 aliphatic rings. The molecule has 1 heterocycles. The Labute approximate surface area is 124 Å². The number of hydrogen-bond donors (Lipinski definition) is 0. The molecule has 2 aromatic rings. The van der Waals surface area contributed by atoms with E-state index in [2.05, 4.69) is 0 Å². The van der Waals surface area contributed by atoms with Crippen LogP contribution in [0.4, 0.5) is 0 Å². The van der Waals surface area contributed by atoms with Crippen molar-refractivity contribution < 1.29 is 4.79 Å². The van der Waals surface area contributed by atoms with Gasteiger partial charge in [-0.2, -0.15) is 0 Å². The van der Waals surface area contributed by atoms with Crippen LogP contribution in [0.1, 0.15) is 20.8 Å². The Morgan fingerprint density at radius 3 is 2.33 bits per heavy atom. The lowest BCUT2D eigenvalue weighted by Gasteiger charge is -2.05. The van der Waals surface area contributed by atoms with Crippen LogP contribution >= 0.6 is 46.1 Å². The van der Waals surface area contributed by atoms with Gasteiger partial charge in [-0.25, -0.2) is 0 Å². The highest BCUT2D eigenvalue weighted by atomic mass is 35.5. The average molecular weight is 320 g/mol. The summed E-state index contributed by atoms with van der Waals surface area (Å²) in [6.07, 6.45) is 0.165. The van der Waals surface area contributed by atoms with E-state index in [4.69, 9.17) is 34.8 Å². The second-order valence-electron chi connectivity index (χ2n) is 3.86. The maximum atomic E-state index is 12.2. The van der Waals surface area contributed by atoms with E-state index in [1.807, 2.05) is 12.3 Å². The monoisotopic (exact) mass is 318 g/mol. The van der Waals surface area contributed by atoms with Crippen LogP contribution in [-0.4, -0.2) is 5.78 Å². The van der Waals surface area contributed by atoms with Gasteiger partial charge >= 0.3 is 0 Å². The molecule has 0 atom stereocenters. The summed E-state index contributed by atoms with van der Waals surface area (Å²) in [4.78, 5) is 12.7. The lowest BCUT2D eigenvalue weighted by molar-refractivity contribution is 0.0997. The van der Waals surface area contributed by atoms with Crippen molar-refractivity contribution in [1.29, 1.82) is 0 Å². The molecule has 0 bridgehead atoms. The van der Waals surface area contributed by atoms with Gasteiger partial charge in [0.15, 0.2) is 5.78 Å². The minimum absolute atomic E-state index is 0.0619. The number of benzene rings is 1. The van der Waals surface area contributed by atoms with Gasteiger partial charge in [0.05, 0.1) is 9.90 Å². The third-order valence-corrected chi connectivity index (χ3v) is 5.00. The predicted octanol–water partition coefficient (Wildman–Crippen LogP) is 5.44. The van der Waals surface area contributed by atoms with Gasteiger partial charge in [-0.05, 0) is 35.6 Å². The molecule has 18 heavy (non-hydrogen) atoms. The number of thiophene rings is 1. The van der Waals surface area contributed by atoms with Crippen molar-refractivity contribution in [3.05, 3.63) is 54.7 Å². The maximum absolute atomic E-state index is 12.2. The van der Waals surface area contributed by atoms with E-state index >= 15 is 0 Å². The van der Waals surface area contributed by atoms with Gasteiger partial charge in [0, 0.05) is 16.5 Å². The highest BCUT2D eigenvalue weighted by molar-refractivity contribution is 7.13. The molecule has 0 spiro atoms. The van der Waals surface area contributed by atoms with Crippen molar-refractivity contribution in [2.75, 3.05) is 0 Å². The number of carbonyl (C=O) groups is 1. The summed E-state index contributed by atoms with van der Waals surface area (Å²) in [7, 11) is 0. The molecule has 5 heteroatoms. The molecular weight excluding hydrogens is 311 g/mol. The molecule has 0 saturated heterocycles. The number of hydrogen-bond acceptors (Lipinski definition) is 2. The van der Waals surface area contributed by atoms with Crippen LogP contribution in [-0.2, 0) is 6.42 Å². The quantitative estimate of drug-likeness (QED) is 0.688. The summed E-state index contributed by atoms with van der Waals surface area (Å²) in [5.41, 5.74) is 1.56. The topological polar surface area (TPSA) is 17.1 Å². The fraction of sp³-hybridized carbons (Fsp3) is 0.154. The number of halogens is 3. The van der Waals surface area contributed by atoms with Crippen molar-refractivity contribution in [1.82, 2.24) is 0 Å². The first kappa shape index (κ1) is 13.9. The van der Waals surface area contributed by atoms with E-state index in [0.717, 1.165) is 5.56 Å². The lowest BCUT2D eigenvalue weighted by Crippen LogP contribution is -2.03. The summed E-state index contributed by atoms with van der Waals surface area (Å²) < 4.78 is 0. The van der Waals surface area contributed by atoms with E-state index in [9.17, 15) is 4.79 Å². The summed E-state index contributed by atoms with van der Waals surface area (Å²) >= 11 is 19.5. The lowest BCUT2D eigenvalue weighted by atomic mass is 10.1. The van der Waals surface area contributed by atoms with Crippen molar-refractivity contribution in [2.24, 2.45) is 0 Å². The molecule has 1 nitrogen and oxygen atoms in total. The van der Waals surface area contributed by atoms with Crippen molar-refractivity contribution in [2.45, 2.75) is 13.3 Å². The Balaban J connectivity index is 2.30. The third kappa shape index (κ3) is 2.72. The molecule has 0 fully saturated rings. The molecule has 2 rings (SSSR count). The first-order valence-corrected chi connectivity index (χ1v) is 7.21. The zero-order chi connectivity index (χ0) is 13.3. The Bertz CT molecular complexity index is 584. The van der Waals surface area contributed by atoms with E-state index in [-0.39, 0.29) is 12.2 Å². The third-order valence-electron chi connectivity index (χ3n) is 2.55. The molecule has 0 N–H and O–H groups in total. The van der Waals surface area contributed by atoms with Gasteiger partial charge < -0.3 is 0 Å². The SMILES string of the molecule is Cc1csc(C(=O)Cc2c(Cl)cccc2Cl)c1Cl. The van der Waals surface area contributed by atoms with E-state index in [0.29, 0.717) is 25.5 Å². The van der Waals surface area contributed by atoms with Crippen LogP contribution in [0.25, 0.3) is 0 Å². The highest BCUT2D eigenvalue weighted by Crippen LogP contribution is 2.31. The molecular formula is C13H9Cl3OS. The Morgan fingerprint density at radius 2 is 1.83 bits per heavy atom. The van der Waals surface area contributed by atoms with Crippen LogP contribution in [0.15, 0.2) is 23.6 Å². The standard InChI is InChI=1S/C13H9Cl3OS/c1-7-6-18-13(12(7)16)11(17)5-8-9(14)3-2-4-10(8)15/h2-4,6H,5H2,1H3. The van der Waals surface area contributed by atoms with Crippen LogP contribution in [0.5, 0.6) is 0 Å². The normalized spacial score (nSPS) is 10.7. The number of rotatable bonds is 3. The Hall–Kier alpha value is -0.540. The number of aryl methyl sites for hydroxylation is 1. The van der Waals surface area contributed by atoms with E-state index < -0.39 is 0 Å². The summed E-state index contributed by atoms with van der Waals surface area (Å²) in [6, 6.07) is 5.19. The number of carbonyl (C=O) groups excluding carboxylic acids is 1. The fourth-order valence-corrected chi connectivity index (χ4v) is 3.33. The number of ketones is 1. The fourth-order valence-electron chi connectivity index (χ4n) is 1.56. The predicted molar refractivity (Wildman–Crippen MR) is 78.6 cm³/mol. The average Bonchev–Trinajstić information content (AvgIpc) is 2.65. The van der Waals surface area contributed by atoms with E-state index in [1.165, 1.54) is 11.3 Å². The van der Waals surface area contributed by atoms with Crippen LogP contribution in [0.2, 0.25) is 15.1 Å². The smallest absolute Gasteiger partial charge is 0.178 e. The van der Waals surface area contributed by atoms with Crippen LogP contribution in [0.3, 0.4) is 0 Å². The van der Waals surface area contributed by atoms with Gasteiger partial charge in [0.2, 0.25) is 0 Å². The molecule has 0 radical (unpaired) electrons. The largest absolute Gasteiger partial charge is 0.293 e. The number of Topliss-reactive ketones (excluding diaryl/α,β-unsaturated/α-hetero) is 1. The van der Waals surface area contributed by atoms with Crippen LogP contribution < -0.4 is 0 Å². The Kier molecular flexibility index (Phi) is 4.33. The summed E-state index contributed by atoms with van der Waals surface area (Å²) in [6.45, 7) is 1.87. The van der Waals surface area contributed by atoms with Crippen molar-refractivity contribution in [3.8, 4) is 0 Å². The minimum Gasteiger partial charge on any atom is -0.293 e. The second-order valence-corrected chi connectivity index (χ2v) is 5.93. The molecule has 0 saturated carbocycles. The first-order valence-electron chi connectivity index (χ1n) is 5.20. The van der Waals surface area contributed by atoms with Gasteiger partial charge in [-0.1, -0.05) is 40.9 Å². The van der Waals surface area contributed by atoms with Crippen LogP contribution in [0, 0.1) is 6.92 Å². The van der Waals surface area contributed by atoms with Gasteiger partial charge in [-0.15, -0.1) is 11.3 Å². The Morgan fingerprint density at radius 1 is 1.22 bits per heavy atom. The summed E-state index contributed by atoms with van der Waals surface area (Å²) in [5, 5.41) is 3.39. The van der Waals surface area contributed by atoms with Gasteiger partial charge in [-0.3, -0.25) is 4.79 Å². The first-order chi connectivity index (χ1) is 8.50. The molecule has 1 aromatic heterocycles. The van der Waals surface area contributed by atoms with Gasteiger partial charge in [0.25, 0.3) is 0 Å². The van der Waals surface area contributed by atoms with Crippen molar-refractivity contribution in [3.63, 3.8) is 0 Å². The molecule has 0 aliphatic carbocycles. The highest BCUT2D eigenvalue weighted by Gasteiger charge is 2.17. The molecule has 0 aliphatic heterocycles. The molecule has 0 unspecified atom stereocenters. The molecule has 94 valence electrons. The summed E-state index contributed by atoms with van der Waals surface area (Å²) in [5.74, 6) is -0.0619. The second kappa shape index (κ2) is 5.62.